The molecular formula is C43H70N2O8. The molecule has 3 aliphatic rings. The van der Waals surface area contributed by atoms with Crippen LogP contribution in [0.15, 0.2) is 29.0 Å². The molecule has 2 aliphatic carbocycles. The summed E-state index contributed by atoms with van der Waals surface area (Å²) >= 11 is 0. The van der Waals surface area contributed by atoms with Gasteiger partial charge < -0.3 is 29.0 Å². The van der Waals surface area contributed by atoms with E-state index in [1.54, 1.807) is 28.1 Å². The summed E-state index contributed by atoms with van der Waals surface area (Å²) in [5, 5.41) is 8.44. The average molecular weight is 743 g/mol. The number of carboxylic acids is 1. The maximum absolute atomic E-state index is 13.6. The molecule has 1 N–H and O–H groups in total. The Bertz CT molecular complexity index is 1350. The molecule has 1 aromatic rings. The number of carboxylic acid groups (broad SMARTS) is 1. The Morgan fingerprint density at radius 3 is 1.96 bits per heavy atom. The fourth-order valence-electron chi connectivity index (χ4n) is 6.43. The molecule has 1 heterocycles. The van der Waals surface area contributed by atoms with E-state index in [1.165, 1.54) is 38.5 Å². The number of methoxy groups -OCH3 is 2. The second-order valence-corrected chi connectivity index (χ2v) is 15.6. The number of nitrogens with zero attached hydrogens (tertiary/aromatic N) is 2. The maximum atomic E-state index is 13.6. The largest absolute Gasteiger partial charge is 0.496 e. The number of aliphatic carboxylic acids is 1. The zero-order chi connectivity index (χ0) is 39.6. The Balaban J connectivity index is 0.000000400. The number of ketones is 1. The van der Waals surface area contributed by atoms with Crippen molar-refractivity contribution in [2.75, 3.05) is 45.4 Å². The van der Waals surface area contributed by atoms with Gasteiger partial charge in [-0.05, 0) is 104 Å². The highest BCUT2D eigenvalue weighted by atomic mass is 16.6. The van der Waals surface area contributed by atoms with Crippen molar-refractivity contribution in [3.63, 3.8) is 0 Å². The Kier molecular flexibility index (Phi) is 19.6. The molecule has 0 radical (unpaired) electrons. The van der Waals surface area contributed by atoms with E-state index < -0.39 is 11.4 Å². The molecule has 1 unspecified atom stereocenters. The summed E-state index contributed by atoms with van der Waals surface area (Å²) in [7, 11) is 3.26. The van der Waals surface area contributed by atoms with Gasteiger partial charge in [-0.25, -0.2) is 0 Å². The van der Waals surface area contributed by atoms with Gasteiger partial charge in [0.15, 0.2) is 5.76 Å². The number of hydrogen-bond donors (Lipinski definition) is 1. The molecule has 0 spiro atoms. The third kappa shape index (κ3) is 14.1. The van der Waals surface area contributed by atoms with Crippen molar-refractivity contribution in [2.45, 2.75) is 138 Å². The van der Waals surface area contributed by atoms with Crippen molar-refractivity contribution in [1.82, 2.24) is 0 Å². The predicted octanol–water partition coefficient (Wildman–Crippen LogP) is 9.53. The SMILES string of the molecule is CCC(C)(C)C(=O)O.CCC(C)(C)C(=O)OCCOC.CCN(CC)c1ccc(/C=C2/OC(=NC3CCCCC3)C(C3CCCCC3)C2=O)c(OC)c1. The molecular weight excluding hydrogens is 672 g/mol. The van der Waals surface area contributed by atoms with Crippen molar-refractivity contribution < 1.29 is 38.4 Å². The van der Waals surface area contributed by atoms with Gasteiger partial charge in [0, 0.05) is 37.5 Å². The minimum atomic E-state index is -0.722. The van der Waals surface area contributed by atoms with Crippen LogP contribution in [0.5, 0.6) is 5.75 Å². The van der Waals surface area contributed by atoms with Crippen LogP contribution >= 0.6 is 0 Å². The molecule has 1 aliphatic heterocycles. The normalized spacial score (nSPS) is 19.8. The van der Waals surface area contributed by atoms with Gasteiger partial charge in [-0.1, -0.05) is 52.4 Å². The monoisotopic (exact) mass is 743 g/mol. The van der Waals surface area contributed by atoms with E-state index >= 15 is 0 Å². The van der Waals surface area contributed by atoms with Gasteiger partial charge in [0.1, 0.15) is 18.3 Å². The fourth-order valence-corrected chi connectivity index (χ4v) is 6.43. The number of carbonyl (C=O) groups is 3. The first-order valence-electron chi connectivity index (χ1n) is 20.0. The molecule has 0 bridgehead atoms. The topological polar surface area (TPSA) is 124 Å². The number of carbonyl (C=O) groups excluding carboxylic acids is 2. The molecule has 1 saturated heterocycles. The predicted molar refractivity (Wildman–Crippen MR) is 214 cm³/mol. The van der Waals surface area contributed by atoms with Crippen molar-refractivity contribution in [3.05, 3.63) is 29.5 Å². The number of aliphatic imine (C=N–C) groups is 1. The summed E-state index contributed by atoms with van der Waals surface area (Å²) in [6, 6.07) is 6.47. The molecule has 3 fully saturated rings. The molecule has 1 atom stereocenters. The molecule has 2 saturated carbocycles. The molecule has 10 nitrogen and oxygen atoms in total. The number of anilines is 1. The van der Waals surface area contributed by atoms with E-state index in [4.69, 9.17) is 29.0 Å². The Morgan fingerprint density at radius 2 is 1.47 bits per heavy atom. The molecule has 4 rings (SSSR count). The number of rotatable bonds is 14. The molecule has 10 heteroatoms. The van der Waals surface area contributed by atoms with Gasteiger partial charge in [-0.2, -0.15) is 0 Å². The van der Waals surface area contributed by atoms with Crippen molar-refractivity contribution in [1.29, 1.82) is 0 Å². The quantitative estimate of drug-likeness (QED) is 0.113. The first-order chi connectivity index (χ1) is 25.2. The van der Waals surface area contributed by atoms with E-state index in [0.717, 1.165) is 62.2 Å². The summed E-state index contributed by atoms with van der Waals surface area (Å²) in [5.74, 6) is 1.24. The van der Waals surface area contributed by atoms with Crippen molar-refractivity contribution >= 4 is 35.4 Å². The molecule has 1 aromatic carbocycles. The maximum Gasteiger partial charge on any atom is 0.311 e. The summed E-state index contributed by atoms with van der Waals surface area (Å²) in [6.07, 6.45) is 15.2. The lowest BCUT2D eigenvalue weighted by molar-refractivity contribution is -0.155. The summed E-state index contributed by atoms with van der Waals surface area (Å²) < 4.78 is 21.7. The van der Waals surface area contributed by atoms with E-state index in [2.05, 4.69) is 30.9 Å². The number of ether oxygens (including phenoxy) is 4. The highest BCUT2D eigenvalue weighted by Crippen LogP contribution is 2.39. The number of Topliss-reactive ketones (excluding diaryl/α,β-unsaturated/α-hetero) is 1. The fraction of sp³-hybridized carbons (Fsp3) is 0.721. The lowest BCUT2D eigenvalue weighted by atomic mass is 9.78. The number of hydrogen-bond acceptors (Lipinski definition) is 9. The van der Waals surface area contributed by atoms with Crippen LogP contribution in [0.4, 0.5) is 5.69 Å². The van der Waals surface area contributed by atoms with Gasteiger partial charge in [0.2, 0.25) is 11.7 Å². The minimum Gasteiger partial charge on any atom is -0.496 e. The highest BCUT2D eigenvalue weighted by Gasteiger charge is 2.44. The van der Waals surface area contributed by atoms with E-state index in [1.807, 2.05) is 39.8 Å². The third-order valence-electron chi connectivity index (χ3n) is 11.1. The van der Waals surface area contributed by atoms with Crippen molar-refractivity contribution in [3.8, 4) is 5.75 Å². The zero-order valence-corrected chi connectivity index (χ0v) is 34.6. The van der Waals surface area contributed by atoms with E-state index in [9.17, 15) is 14.4 Å². The van der Waals surface area contributed by atoms with Crippen LogP contribution in [-0.2, 0) is 28.6 Å². The van der Waals surface area contributed by atoms with E-state index in [-0.39, 0.29) is 23.1 Å². The van der Waals surface area contributed by atoms with Crippen LogP contribution in [0.1, 0.15) is 138 Å². The minimum absolute atomic E-state index is 0.103. The first-order valence-corrected chi connectivity index (χ1v) is 20.0. The van der Waals surface area contributed by atoms with E-state index in [0.29, 0.717) is 43.3 Å². The number of esters is 1. The summed E-state index contributed by atoms with van der Waals surface area (Å²) in [6.45, 7) is 18.0. The van der Waals surface area contributed by atoms with Gasteiger partial charge in [-0.3, -0.25) is 19.4 Å². The van der Waals surface area contributed by atoms with Crippen molar-refractivity contribution in [2.24, 2.45) is 27.7 Å². The summed E-state index contributed by atoms with van der Waals surface area (Å²) in [4.78, 5) is 42.5. The molecule has 53 heavy (non-hydrogen) atoms. The van der Waals surface area contributed by atoms with Crippen LogP contribution in [0.3, 0.4) is 0 Å². The molecule has 0 aromatic heterocycles. The van der Waals surface area contributed by atoms with Crippen LogP contribution in [-0.4, -0.2) is 75.3 Å². The smallest absolute Gasteiger partial charge is 0.311 e. The number of benzene rings is 1. The second kappa shape index (κ2) is 22.7. The zero-order valence-electron chi connectivity index (χ0n) is 34.6. The van der Waals surface area contributed by atoms with Crippen LogP contribution in [0.25, 0.3) is 6.08 Å². The van der Waals surface area contributed by atoms with Gasteiger partial charge >= 0.3 is 11.9 Å². The van der Waals surface area contributed by atoms with Crippen LogP contribution < -0.4 is 9.64 Å². The first kappa shape index (κ1) is 45.8. The van der Waals surface area contributed by atoms with Gasteiger partial charge in [-0.15, -0.1) is 0 Å². The Morgan fingerprint density at radius 1 is 0.887 bits per heavy atom. The Hall–Kier alpha value is -3.40. The average Bonchev–Trinajstić information content (AvgIpc) is 3.46. The second-order valence-electron chi connectivity index (χ2n) is 15.6. The summed E-state index contributed by atoms with van der Waals surface area (Å²) in [5.41, 5.74) is 1.09. The molecule has 300 valence electrons. The van der Waals surface area contributed by atoms with Gasteiger partial charge in [0.05, 0.1) is 30.6 Å². The standard InChI is InChI=1S/C28H40N2O3.C9H18O3.C6H12O2/c1-4-30(5-2)23-17-16-21(24(19-23)32-3)18-25-27(31)26(20-12-8-6-9-13-20)28(33-25)29-22-14-10-7-11-15-22;1-5-9(2,3)8(10)12-7-6-11-4;1-4-6(2,3)5(7)8/h16-20,22,26H,4-15H2,1-3H3;5-7H2,1-4H3;4H2,1-3H3,(H,7,8)/b25-18+,29-28?;;. The number of allylic oxidation sites excluding steroid dienone is 1. The lowest BCUT2D eigenvalue weighted by Crippen LogP contribution is -2.28. The van der Waals surface area contributed by atoms with Gasteiger partial charge in [0.25, 0.3) is 0 Å². The van der Waals surface area contributed by atoms with Crippen LogP contribution in [0, 0.1) is 22.7 Å². The Labute approximate surface area is 320 Å². The van der Waals surface area contributed by atoms with Crippen LogP contribution in [0.2, 0.25) is 0 Å². The molecule has 0 amide bonds. The third-order valence-corrected chi connectivity index (χ3v) is 11.1. The lowest BCUT2D eigenvalue weighted by Gasteiger charge is -2.26. The highest BCUT2D eigenvalue weighted by molar-refractivity contribution is 6.17.